The molecule has 0 bridgehead atoms. The first-order valence-electron chi connectivity index (χ1n) is 4.19. The Morgan fingerprint density at radius 1 is 1.33 bits per heavy atom. The summed E-state index contributed by atoms with van der Waals surface area (Å²) in [6.45, 7) is 0. The lowest BCUT2D eigenvalue weighted by atomic mass is 9.79. The van der Waals surface area contributed by atoms with Gasteiger partial charge in [0.15, 0.2) is 0 Å². The van der Waals surface area contributed by atoms with Crippen LogP contribution in [-0.2, 0) is 0 Å². The Labute approximate surface area is 83.3 Å². The average Bonchev–Trinajstić information content (AvgIpc) is 1.99. The van der Waals surface area contributed by atoms with Crippen molar-refractivity contribution in [1.82, 2.24) is 0 Å². The van der Waals surface area contributed by atoms with Crippen molar-refractivity contribution in [2.45, 2.75) is 24.0 Å². The molecule has 0 aliphatic heterocycles. The Bertz CT molecular complexity index is 279. The lowest BCUT2D eigenvalue weighted by Gasteiger charge is -2.32. The van der Waals surface area contributed by atoms with Gasteiger partial charge in [-0.25, -0.2) is 0 Å². The van der Waals surface area contributed by atoms with E-state index in [4.69, 9.17) is 11.6 Å². The Balaban J connectivity index is 2.13. The molecule has 1 aliphatic rings. The van der Waals surface area contributed by atoms with Crippen LogP contribution in [0.3, 0.4) is 0 Å². The molecule has 1 aliphatic carbocycles. The van der Waals surface area contributed by atoms with E-state index in [1.807, 2.05) is 12.1 Å². The standard InChI is InChI=1S/C10H11ClS/c11-9-3-1-2-7(4-9)8-5-10(12)6-8/h1-4,8,10,12H,5-6H2. The predicted octanol–water partition coefficient (Wildman–Crippen LogP) is 3.52. The fourth-order valence-corrected chi connectivity index (χ4v) is 2.33. The molecule has 0 heterocycles. The van der Waals surface area contributed by atoms with Gasteiger partial charge in [-0.3, -0.25) is 0 Å². The van der Waals surface area contributed by atoms with E-state index in [9.17, 15) is 0 Å². The van der Waals surface area contributed by atoms with Gasteiger partial charge in [-0.2, -0.15) is 12.6 Å². The normalized spacial score (nSPS) is 28.2. The molecule has 2 heteroatoms. The molecular weight excluding hydrogens is 188 g/mol. The monoisotopic (exact) mass is 198 g/mol. The van der Waals surface area contributed by atoms with E-state index in [2.05, 4.69) is 24.8 Å². The van der Waals surface area contributed by atoms with Gasteiger partial charge in [-0.15, -0.1) is 0 Å². The van der Waals surface area contributed by atoms with Crippen LogP contribution in [0.15, 0.2) is 24.3 Å². The average molecular weight is 199 g/mol. The van der Waals surface area contributed by atoms with Crippen molar-refractivity contribution < 1.29 is 0 Å². The zero-order valence-electron chi connectivity index (χ0n) is 6.70. The second kappa shape index (κ2) is 3.31. The second-order valence-corrected chi connectivity index (χ2v) is 4.54. The number of benzene rings is 1. The van der Waals surface area contributed by atoms with Gasteiger partial charge >= 0.3 is 0 Å². The molecule has 0 unspecified atom stereocenters. The summed E-state index contributed by atoms with van der Waals surface area (Å²) in [7, 11) is 0. The molecule has 0 N–H and O–H groups in total. The molecule has 0 saturated heterocycles. The minimum Gasteiger partial charge on any atom is -0.176 e. The highest BCUT2D eigenvalue weighted by atomic mass is 35.5. The van der Waals surface area contributed by atoms with Crippen molar-refractivity contribution in [3.63, 3.8) is 0 Å². The van der Waals surface area contributed by atoms with Gasteiger partial charge in [0.2, 0.25) is 0 Å². The van der Waals surface area contributed by atoms with E-state index < -0.39 is 0 Å². The summed E-state index contributed by atoms with van der Waals surface area (Å²) in [6.07, 6.45) is 2.40. The van der Waals surface area contributed by atoms with Crippen LogP contribution in [0.1, 0.15) is 24.3 Å². The highest BCUT2D eigenvalue weighted by Crippen LogP contribution is 2.40. The Kier molecular flexibility index (Phi) is 2.33. The molecule has 2 rings (SSSR count). The quantitative estimate of drug-likeness (QED) is 0.656. The number of rotatable bonds is 1. The Hall–Kier alpha value is -0.140. The van der Waals surface area contributed by atoms with Crippen LogP contribution in [0.5, 0.6) is 0 Å². The zero-order valence-corrected chi connectivity index (χ0v) is 8.35. The molecule has 1 aromatic rings. The first kappa shape index (κ1) is 8.46. The van der Waals surface area contributed by atoms with Crippen molar-refractivity contribution in [2.75, 3.05) is 0 Å². The maximum absolute atomic E-state index is 5.89. The first-order valence-corrected chi connectivity index (χ1v) is 5.08. The van der Waals surface area contributed by atoms with Crippen LogP contribution >= 0.6 is 24.2 Å². The van der Waals surface area contributed by atoms with Crippen molar-refractivity contribution in [2.24, 2.45) is 0 Å². The molecule has 0 nitrogen and oxygen atoms in total. The number of hydrogen-bond acceptors (Lipinski definition) is 1. The van der Waals surface area contributed by atoms with Crippen LogP contribution in [0.2, 0.25) is 5.02 Å². The van der Waals surface area contributed by atoms with Crippen LogP contribution in [0, 0.1) is 0 Å². The summed E-state index contributed by atoms with van der Waals surface area (Å²) >= 11 is 10.3. The maximum Gasteiger partial charge on any atom is 0.0408 e. The summed E-state index contributed by atoms with van der Waals surface area (Å²) in [4.78, 5) is 0. The minimum absolute atomic E-state index is 0.606. The third kappa shape index (κ3) is 1.62. The van der Waals surface area contributed by atoms with E-state index in [0.29, 0.717) is 11.2 Å². The summed E-state index contributed by atoms with van der Waals surface area (Å²) < 4.78 is 0. The fraction of sp³-hybridized carbons (Fsp3) is 0.400. The Morgan fingerprint density at radius 2 is 2.08 bits per heavy atom. The van der Waals surface area contributed by atoms with E-state index in [1.165, 1.54) is 18.4 Å². The SMILES string of the molecule is SC1CC(c2cccc(Cl)c2)C1. The number of thiol groups is 1. The van der Waals surface area contributed by atoms with E-state index in [1.54, 1.807) is 0 Å². The lowest BCUT2D eigenvalue weighted by molar-refractivity contribution is 0.437. The van der Waals surface area contributed by atoms with E-state index >= 15 is 0 Å². The van der Waals surface area contributed by atoms with Gasteiger partial charge in [0.05, 0.1) is 0 Å². The smallest absolute Gasteiger partial charge is 0.0408 e. The van der Waals surface area contributed by atoms with Crippen LogP contribution in [-0.4, -0.2) is 5.25 Å². The second-order valence-electron chi connectivity index (χ2n) is 3.38. The van der Waals surface area contributed by atoms with E-state index in [-0.39, 0.29) is 0 Å². The third-order valence-electron chi connectivity index (χ3n) is 2.43. The van der Waals surface area contributed by atoms with Crippen LogP contribution < -0.4 is 0 Å². The maximum atomic E-state index is 5.89. The highest BCUT2D eigenvalue weighted by molar-refractivity contribution is 7.81. The lowest BCUT2D eigenvalue weighted by Crippen LogP contribution is -2.21. The molecule has 0 spiro atoms. The summed E-state index contributed by atoms with van der Waals surface area (Å²) in [5, 5.41) is 1.45. The van der Waals surface area contributed by atoms with Gasteiger partial charge in [0.25, 0.3) is 0 Å². The highest BCUT2D eigenvalue weighted by Gasteiger charge is 2.27. The van der Waals surface area contributed by atoms with E-state index in [0.717, 1.165) is 5.02 Å². The fourth-order valence-electron chi connectivity index (χ4n) is 1.62. The molecular formula is C10H11ClS. The van der Waals surface area contributed by atoms with Gasteiger partial charge in [0, 0.05) is 10.3 Å². The third-order valence-corrected chi connectivity index (χ3v) is 3.09. The molecule has 0 radical (unpaired) electrons. The number of halogens is 1. The predicted molar refractivity (Wildman–Crippen MR) is 56.2 cm³/mol. The van der Waals surface area contributed by atoms with Crippen molar-refractivity contribution in [3.05, 3.63) is 34.9 Å². The summed E-state index contributed by atoms with van der Waals surface area (Å²) in [6, 6.07) is 8.15. The summed E-state index contributed by atoms with van der Waals surface area (Å²) in [5.41, 5.74) is 1.37. The molecule has 64 valence electrons. The van der Waals surface area contributed by atoms with Gasteiger partial charge in [-0.05, 0) is 36.5 Å². The molecule has 1 fully saturated rings. The summed E-state index contributed by atoms with van der Waals surface area (Å²) in [5.74, 6) is 0.700. The van der Waals surface area contributed by atoms with Gasteiger partial charge < -0.3 is 0 Å². The number of hydrogen-bond donors (Lipinski definition) is 1. The van der Waals surface area contributed by atoms with Crippen molar-refractivity contribution in [3.8, 4) is 0 Å². The van der Waals surface area contributed by atoms with Crippen LogP contribution in [0.4, 0.5) is 0 Å². The van der Waals surface area contributed by atoms with Crippen molar-refractivity contribution in [1.29, 1.82) is 0 Å². The molecule has 0 atom stereocenters. The first-order chi connectivity index (χ1) is 5.75. The molecule has 1 saturated carbocycles. The van der Waals surface area contributed by atoms with Gasteiger partial charge in [0.1, 0.15) is 0 Å². The minimum atomic E-state index is 0.606. The topological polar surface area (TPSA) is 0 Å². The molecule has 0 amide bonds. The molecule has 12 heavy (non-hydrogen) atoms. The Morgan fingerprint density at radius 3 is 2.67 bits per heavy atom. The molecule has 1 aromatic carbocycles. The largest absolute Gasteiger partial charge is 0.176 e. The molecule has 0 aromatic heterocycles. The van der Waals surface area contributed by atoms with Crippen LogP contribution in [0.25, 0.3) is 0 Å². The zero-order chi connectivity index (χ0) is 8.55. The van der Waals surface area contributed by atoms with Crippen molar-refractivity contribution >= 4 is 24.2 Å². The van der Waals surface area contributed by atoms with Gasteiger partial charge in [-0.1, -0.05) is 23.7 Å².